The van der Waals surface area contributed by atoms with E-state index in [2.05, 4.69) is 13.8 Å². The maximum Gasteiger partial charge on any atom is 0.0573 e. The van der Waals surface area contributed by atoms with Crippen LogP contribution in [-0.4, -0.2) is 24.4 Å². The number of ether oxygens (including phenoxy) is 1. The molecule has 1 atom stereocenters. The van der Waals surface area contributed by atoms with Crippen molar-refractivity contribution >= 4 is 0 Å². The van der Waals surface area contributed by atoms with Gasteiger partial charge in [-0.25, -0.2) is 0 Å². The number of rotatable bonds is 8. The predicted octanol–water partition coefficient (Wildman–Crippen LogP) is 2.35. The van der Waals surface area contributed by atoms with Crippen molar-refractivity contribution in [2.24, 2.45) is 0 Å². The first kappa shape index (κ1) is 11.9. The second-order valence-electron chi connectivity index (χ2n) is 3.12. The smallest absolute Gasteiger partial charge is 0.0573 e. The molecule has 0 aromatic rings. The van der Waals surface area contributed by atoms with Crippen LogP contribution < -0.4 is 0 Å². The minimum Gasteiger partial charge on any atom is -0.396 e. The minimum absolute atomic E-state index is 0.285. The van der Waals surface area contributed by atoms with Gasteiger partial charge < -0.3 is 9.84 Å². The molecule has 0 aliphatic carbocycles. The summed E-state index contributed by atoms with van der Waals surface area (Å²) in [7, 11) is 0. The van der Waals surface area contributed by atoms with Gasteiger partial charge in [0.05, 0.1) is 6.10 Å². The topological polar surface area (TPSA) is 29.5 Å². The predicted molar refractivity (Wildman–Crippen MR) is 51.3 cm³/mol. The van der Waals surface area contributed by atoms with E-state index in [1.54, 1.807) is 0 Å². The molecule has 0 aromatic heterocycles. The van der Waals surface area contributed by atoms with Crippen LogP contribution >= 0.6 is 0 Å². The highest BCUT2D eigenvalue weighted by molar-refractivity contribution is 4.54. The Morgan fingerprint density at radius 2 is 2.00 bits per heavy atom. The molecule has 12 heavy (non-hydrogen) atoms. The van der Waals surface area contributed by atoms with Crippen LogP contribution in [0.5, 0.6) is 0 Å². The Kier molecular flexibility index (Phi) is 8.95. The van der Waals surface area contributed by atoms with E-state index in [1.165, 1.54) is 6.42 Å². The normalized spacial score (nSPS) is 13.2. The summed E-state index contributed by atoms with van der Waals surface area (Å²) >= 11 is 0. The molecule has 0 saturated heterocycles. The minimum atomic E-state index is 0.285. The molecule has 2 nitrogen and oxygen atoms in total. The fourth-order valence-electron chi connectivity index (χ4n) is 1.12. The van der Waals surface area contributed by atoms with E-state index >= 15 is 0 Å². The lowest BCUT2D eigenvalue weighted by Crippen LogP contribution is -2.13. The van der Waals surface area contributed by atoms with Crippen molar-refractivity contribution in [2.75, 3.05) is 13.2 Å². The Bertz CT molecular complexity index is 83.9. The molecule has 0 heterocycles. The molecule has 74 valence electrons. The zero-order valence-electron chi connectivity index (χ0n) is 8.38. The molecule has 0 saturated carbocycles. The van der Waals surface area contributed by atoms with Crippen LogP contribution in [0.3, 0.4) is 0 Å². The molecule has 0 rings (SSSR count). The van der Waals surface area contributed by atoms with Crippen LogP contribution in [0.15, 0.2) is 0 Å². The molecular formula is C10H22O2. The van der Waals surface area contributed by atoms with Crippen molar-refractivity contribution < 1.29 is 9.84 Å². The molecule has 2 heteroatoms. The van der Waals surface area contributed by atoms with Gasteiger partial charge in [0.2, 0.25) is 0 Å². The van der Waals surface area contributed by atoms with Crippen LogP contribution in [0.25, 0.3) is 0 Å². The molecule has 0 bridgehead atoms. The summed E-state index contributed by atoms with van der Waals surface area (Å²) in [6.45, 7) is 5.46. The second-order valence-corrected chi connectivity index (χ2v) is 3.12. The molecule has 1 N–H and O–H groups in total. The third kappa shape index (κ3) is 6.62. The summed E-state index contributed by atoms with van der Waals surface area (Å²) < 4.78 is 5.62. The van der Waals surface area contributed by atoms with Crippen LogP contribution in [0.2, 0.25) is 0 Å². The average molecular weight is 174 g/mol. The summed E-state index contributed by atoms with van der Waals surface area (Å²) in [6.07, 6.45) is 5.63. The standard InChI is InChI=1S/C10H22O2/c1-3-5-9-12-10(4-2)7-6-8-11/h10-11H,3-9H2,1-2H3. The lowest BCUT2D eigenvalue weighted by Gasteiger charge is -2.14. The van der Waals surface area contributed by atoms with Crippen LogP contribution in [0.4, 0.5) is 0 Å². The molecule has 1 unspecified atom stereocenters. The highest BCUT2D eigenvalue weighted by atomic mass is 16.5. The van der Waals surface area contributed by atoms with Gasteiger partial charge in [-0.3, -0.25) is 0 Å². The maximum atomic E-state index is 8.63. The highest BCUT2D eigenvalue weighted by Crippen LogP contribution is 2.07. The Balaban J connectivity index is 3.26. The van der Waals surface area contributed by atoms with E-state index in [0.29, 0.717) is 6.10 Å². The first-order valence-corrected chi connectivity index (χ1v) is 5.07. The summed E-state index contributed by atoms with van der Waals surface area (Å²) in [6, 6.07) is 0. The van der Waals surface area contributed by atoms with Crippen molar-refractivity contribution in [1.82, 2.24) is 0 Å². The van der Waals surface area contributed by atoms with Gasteiger partial charge in [-0.2, -0.15) is 0 Å². The number of aliphatic hydroxyl groups is 1. The van der Waals surface area contributed by atoms with E-state index in [9.17, 15) is 0 Å². The molecule has 0 radical (unpaired) electrons. The Morgan fingerprint density at radius 3 is 2.50 bits per heavy atom. The Hall–Kier alpha value is -0.0800. The Morgan fingerprint density at radius 1 is 1.25 bits per heavy atom. The molecule has 0 aromatic carbocycles. The summed E-state index contributed by atoms with van der Waals surface area (Å²) in [4.78, 5) is 0. The van der Waals surface area contributed by atoms with Crippen molar-refractivity contribution in [3.8, 4) is 0 Å². The molecule has 0 aliphatic heterocycles. The van der Waals surface area contributed by atoms with Crippen LogP contribution in [0.1, 0.15) is 46.0 Å². The molecule has 0 spiro atoms. The lowest BCUT2D eigenvalue weighted by molar-refractivity contribution is 0.0387. The summed E-state index contributed by atoms with van der Waals surface area (Å²) in [5.41, 5.74) is 0. The average Bonchev–Trinajstić information content (AvgIpc) is 2.11. The third-order valence-electron chi connectivity index (χ3n) is 1.99. The van der Waals surface area contributed by atoms with Crippen molar-refractivity contribution in [3.63, 3.8) is 0 Å². The van der Waals surface area contributed by atoms with Crippen molar-refractivity contribution in [1.29, 1.82) is 0 Å². The van der Waals surface area contributed by atoms with E-state index in [0.717, 1.165) is 32.3 Å². The second kappa shape index (κ2) is 9.01. The van der Waals surface area contributed by atoms with Gasteiger partial charge in [-0.1, -0.05) is 20.3 Å². The molecule has 0 fully saturated rings. The van der Waals surface area contributed by atoms with Gasteiger partial charge >= 0.3 is 0 Å². The maximum absolute atomic E-state index is 8.63. The number of aliphatic hydroxyl groups excluding tert-OH is 1. The quantitative estimate of drug-likeness (QED) is 0.572. The molecule has 0 aliphatic rings. The zero-order chi connectivity index (χ0) is 9.23. The van der Waals surface area contributed by atoms with E-state index in [-0.39, 0.29) is 6.61 Å². The first-order valence-electron chi connectivity index (χ1n) is 5.07. The zero-order valence-corrected chi connectivity index (χ0v) is 8.38. The lowest BCUT2D eigenvalue weighted by atomic mass is 10.1. The summed E-state index contributed by atoms with van der Waals surface area (Å²) in [5, 5.41) is 8.63. The summed E-state index contributed by atoms with van der Waals surface area (Å²) in [5.74, 6) is 0. The largest absolute Gasteiger partial charge is 0.396 e. The highest BCUT2D eigenvalue weighted by Gasteiger charge is 2.04. The van der Waals surface area contributed by atoms with E-state index in [1.807, 2.05) is 0 Å². The number of hydrogen-bond acceptors (Lipinski definition) is 2. The van der Waals surface area contributed by atoms with Crippen LogP contribution in [0, 0.1) is 0 Å². The number of hydrogen-bond donors (Lipinski definition) is 1. The van der Waals surface area contributed by atoms with Gasteiger partial charge in [-0.15, -0.1) is 0 Å². The van der Waals surface area contributed by atoms with Crippen molar-refractivity contribution in [2.45, 2.75) is 52.1 Å². The molecule has 0 amide bonds. The van der Waals surface area contributed by atoms with E-state index in [4.69, 9.17) is 9.84 Å². The fraction of sp³-hybridized carbons (Fsp3) is 1.00. The fourth-order valence-corrected chi connectivity index (χ4v) is 1.12. The SMILES string of the molecule is CCCCOC(CC)CCCO. The monoisotopic (exact) mass is 174 g/mol. The van der Waals surface area contributed by atoms with Gasteiger partial charge in [-0.05, 0) is 25.7 Å². The van der Waals surface area contributed by atoms with E-state index < -0.39 is 0 Å². The van der Waals surface area contributed by atoms with Gasteiger partial charge in [0.25, 0.3) is 0 Å². The first-order chi connectivity index (χ1) is 5.85. The Labute approximate surface area is 75.9 Å². The van der Waals surface area contributed by atoms with Crippen molar-refractivity contribution in [3.05, 3.63) is 0 Å². The van der Waals surface area contributed by atoms with Gasteiger partial charge in [0.1, 0.15) is 0 Å². The number of unbranched alkanes of at least 4 members (excludes halogenated alkanes) is 1. The van der Waals surface area contributed by atoms with Gasteiger partial charge in [0.15, 0.2) is 0 Å². The van der Waals surface area contributed by atoms with Crippen LogP contribution in [-0.2, 0) is 4.74 Å². The van der Waals surface area contributed by atoms with Gasteiger partial charge in [0, 0.05) is 13.2 Å². The molecular weight excluding hydrogens is 152 g/mol. The third-order valence-corrected chi connectivity index (χ3v) is 1.99.